The average Bonchev–Trinajstić information content (AvgIpc) is 2.48. The average molecular weight is 329 g/mol. The molecule has 0 aliphatic rings. The second-order valence-electron chi connectivity index (χ2n) is 4.90. The molecule has 2 aromatic rings. The Morgan fingerprint density at radius 2 is 1.35 bits per heavy atom. The minimum absolute atomic E-state index is 0.237. The van der Waals surface area contributed by atoms with Gasteiger partial charge < -0.3 is 5.32 Å². The van der Waals surface area contributed by atoms with E-state index in [2.05, 4.69) is 65.4 Å². The van der Waals surface area contributed by atoms with Gasteiger partial charge in [0.1, 0.15) is 0 Å². The minimum Gasteiger partial charge on any atom is -0.304 e. The van der Waals surface area contributed by atoms with E-state index in [0.717, 1.165) is 4.47 Å². The fourth-order valence-electron chi connectivity index (χ4n) is 2.17. The van der Waals surface area contributed by atoms with E-state index in [9.17, 15) is 0 Å². The number of nitrogens with zero attached hydrogens (tertiary/aromatic N) is 1. The van der Waals surface area contributed by atoms with Crippen molar-refractivity contribution >= 4 is 15.9 Å². The number of hydrogen-bond donors (Lipinski definition) is 1. The van der Waals surface area contributed by atoms with Gasteiger partial charge in [-0.25, -0.2) is 0 Å². The van der Waals surface area contributed by atoms with Crippen molar-refractivity contribution in [3.05, 3.63) is 69.7 Å². The molecule has 0 aliphatic heterocycles. The number of benzene rings is 2. The van der Waals surface area contributed by atoms with E-state index in [1.165, 1.54) is 11.1 Å². The van der Waals surface area contributed by atoms with Gasteiger partial charge in [0.15, 0.2) is 0 Å². The molecule has 0 saturated heterocycles. The maximum atomic E-state index is 8.81. The zero-order chi connectivity index (χ0) is 14.5. The van der Waals surface area contributed by atoms with Crippen molar-refractivity contribution in [2.75, 3.05) is 0 Å². The molecule has 0 spiro atoms. The first kappa shape index (κ1) is 14.8. The van der Waals surface area contributed by atoms with Crippen LogP contribution in [0.3, 0.4) is 0 Å². The Bertz CT molecular complexity index is 596. The summed E-state index contributed by atoms with van der Waals surface area (Å²) in [5, 5.41) is 12.4. The number of nitriles is 1. The molecule has 0 radical (unpaired) electrons. The Kier molecular flexibility index (Phi) is 4.94. The first-order valence-electron chi connectivity index (χ1n) is 6.61. The predicted molar refractivity (Wildman–Crippen MR) is 85.3 cm³/mol. The second kappa shape index (κ2) is 6.69. The molecule has 0 saturated carbocycles. The van der Waals surface area contributed by atoms with Crippen LogP contribution in [-0.4, -0.2) is 0 Å². The van der Waals surface area contributed by atoms with Gasteiger partial charge in [-0.15, -0.1) is 0 Å². The molecule has 2 atom stereocenters. The van der Waals surface area contributed by atoms with Crippen LogP contribution < -0.4 is 5.32 Å². The Morgan fingerprint density at radius 1 is 0.900 bits per heavy atom. The van der Waals surface area contributed by atoms with Crippen molar-refractivity contribution in [2.24, 2.45) is 0 Å². The number of nitrogens with one attached hydrogen (secondary N) is 1. The monoisotopic (exact) mass is 328 g/mol. The maximum absolute atomic E-state index is 8.81. The lowest BCUT2D eigenvalue weighted by molar-refractivity contribution is 0.494. The zero-order valence-electron chi connectivity index (χ0n) is 11.6. The van der Waals surface area contributed by atoms with E-state index in [1.54, 1.807) is 0 Å². The molecular formula is C17H17BrN2. The molecule has 0 aliphatic carbocycles. The molecule has 0 heterocycles. The molecule has 1 unspecified atom stereocenters. The van der Waals surface area contributed by atoms with Crippen LogP contribution in [0.1, 0.15) is 42.6 Å². The van der Waals surface area contributed by atoms with Gasteiger partial charge in [-0.3, -0.25) is 0 Å². The summed E-state index contributed by atoms with van der Waals surface area (Å²) >= 11 is 3.45. The van der Waals surface area contributed by atoms with Gasteiger partial charge in [0.2, 0.25) is 0 Å². The van der Waals surface area contributed by atoms with Crippen LogP contribution in [-0.2, 0) is 0 Å². The van der Waals surface area contributed by atoms with Crippen molar-refractivity contribution in [2.45, 2.75) is 25.9 Å². The lowest BCUT2D eigenvalue weighted by atomic mass is 10.0. The summed E-state index contributed by atoms with van der Waals surface area (Å²) in [6, 6.07) is 18.7. The highest BCUT2D eigenvalue weighted by Gasteiger charge is 2.11. The molecule has 0 amide bonds. The van der Waals surface area contributed by atoms with Crippen LogP contribution >= 0.6 is 15.9 Å². The van der Waals surface area contributed by atoms with Crippen LogP contribution in [0, 0.1) is 11.3 Å². The van der Waals surface area contributed by atoms with Crippen LogP contribution in [0.4, 0.5) is 0 Å². The first-order valence-corrected chi connectivity index (χ1v) is 7.41. The molecule has 2 nitrogen and oxygen atoms in total. The van der Waals surface area contributed by atoms with Crippen LogP contribution in [0.5, 0.6) is 0 Å². The van der Waals surface area contributed by atoms with Gasteiger partial charge in [0.05, 0.1) is 11.6 Å². The first-order chi connectivity index (χ1) is 9.60. The highest BCUT2D eigenvalue weighted by Crippen LogP contribution is 2.21. The quantitative estimate of drug-likeness (QED) is 0.880. The normalized spacial score (nSPS) is 13.5. The Labute approximate surface area is 128 Å². The fourth-order valence-corrected chi connectivity index (χ4v) is 2.43. The van der Waals surface area contributed by atoms with Crippen molar-refractivity contribution in [3.63, 3.8) is 0 Å². The topological polar surface area (TPSA) is 35.8 Å². The third kappa shape index (κ3) is 3.69. The Hall–Kier alpha value is -1.63. The predicted octanol–water partition coefficient (Wildman–Crippen LogP) is 4.73. The third-order valence-corrected chi connectivity index (χ3v) is 3.94. The van der Waals surface area contributed by atoms with E-state index in [0.29, 0.717) is 5.56 Å². The van der Waals surface area contributed by atoms with Gasteiger partial charge in [0, 0.05) is 16.6 Å². The standard InChI is InChI=1S/C17H17BrN2/c1-12(15-5-3-14(11-19)4-6-15)20-13(2)16-7-9-17(18)10-8-16/h3-10,12-13,20H,1-2H3/t12?,13-/m0/s1. The van der Waals surface area contributed by atoms with Gasteiger partial charge in [-0.1, -0.05) is 40.2 Å². The highest BCUT2D eigenvalue weighted by molar-refractivity contribution is 9.10. The maximum Gasteiger partial charge on any atom is 0.0991 e. The van der Waals surface area contributed by atoms with E-state index in [-0.39, 0.29) is 12.1 Å². The summed E-state index contributed by atoms with van der Waals surface area (Å²) in [5.41, 5.74) is 3.14. The minimum atomic E-state index is 0.237. The second-order valence-corrected chi connectivity index (χ2v) is 5.81. The largest absolute Gasteiger partial charge is 0.304 e. The molecule has 102 valence electrons. The van der Waals surface area contributed by atoms with Gasteiger partial charge in [-0.05, 0) is 49.2 Å². The molecule has 2 aromatic carbocycles. The smallest absolute Gasteiger partial charge is 0.0991 e. The molecule has 0 bridgehead atoms. The third-order valence-electron chi connectivity index (χ3n) is 3.41. The molecule has 0 aromatic heterocycles. The molecule has 3 heteroatoms. The molecule has 20 heavy (non-hydrogen) atoms. The van der Waals surface area contributed by atoms with Crippen LogP contribution in [0.2, 0.25) is 0 Å². The van der Waals surface area contributed by atoms with Crippen molar-refractivity contribution in [3.8, 4) is 6.07 Å². The summed E-state index contributed by atoms with van der Waals surface area (Å²) in [4.78, 5) is 0. The molecule has 2 rings (SSSR count). The van der Waals surface area contributed by atoms with Gasteiger partial charge in [-0.2, -0.15) is 5.26 Å². The summed E-state index contributed by atoms with van der Waals surface area (Å²) in [6.07, 6.45) is 0. The van der Waals surface area contributed by atoms with Crippen molar-refractivity contribution in [1.29, 1.82) is 5.26 Å². The summed E-state index contributed by atoms with van der Waals surface area (Å²) in [5.74, 6) is 0. The summed E-state index contributed by atoms with van der Waals surface area (Å²) < 4.78 is 1.09. The van der Waals surface area contributed by atoms with Crippen LogP contribution in [0.25, 0.3) is 0 Å². The molecule has 1 N–H and O–H groups in total. The molecular weight excluding hydrogens is 312 g/mol. The SMILES string of the molecule is CC(N[C@@H](C)c1ccc(Br)cc1)c1ccc(C#N)cc1. The summed E-state index contributed by atoms with van der Waals surface area (Å²) in [6.45, 7) is 4.29. The molecule has 0 fully saturated rings. The van der Waals surface area contributed by atoms with E-state index >= 15 is 0 Å². The van der Waals surface area contributed by atoms with Gasteiger partial charge in [0.25, 0.3) is 0 Å². The van der Waals surface area contributed by atoms with Crippen LogP contribution in [0.15, 0.2) is 53.0 Å². The van der Waals surface area contributed by atoms with E-state index in [1.807, 2.05) is 24.3 Å². The number of hydrogen-bond acceptors (Lipinski definition) is 2. The lowest BCUT2D eigenvalue weighted by Crippen LogP contribution is -2.22. The van der Waals surface area contributed by atoms with Gasteiger partial charge >= 0.3 is 0 Å². The Morgan fingerprint density at radius 3 is 1.80 bits per heavy atom. The Balaban J connectivity index is 2.04. The summed E-state index contributed by atoms with van der Waals surface area (Å²) in [7, 11) is 0. The highest BCUT2D eigenvalue weighted by atomic mass is 79.9. The number of rotatable bonds is 4. The van der Waals surface area contributed by atoms with E-state index in [4.69, 9.17) is 5.26 Å². The lowest BCUT2D eigenvalue weighted by Gasteiger charge is -2.21. The van der Waals surface area contributed by atoms with E-state index < -0.39 is 0 Å². The number of halogens is 1. The zero-order valence-corrected chi connectivity index (χ0v) is 13.2. The van der Waals surface area contributed by atoms with Crippen molar-refractivity contribution in [1.82, 2.24) is 5.32 Å². The van der Waals surface area contributed by atoms with Crippen molar-refractivity contribution < 1.29 is 0 Å². The fraction of sp³-hybridized carbons (Fsp3) is 0.235.